The molecule has 0 bridgehead atoms. The predicted octanol–water partition coefficient (Wildman–Crippen LogP) is 4.53. The monoisotopic (exact) mass is 790 g/mol. The smallest absolute Gasteiger partial charge is 0.316 e. The van der Waals surface area contributed by atoms with E-state index in [1.807, 2.05) is 0 Å². The normalized spacial score (nSPS) is 25.4. The topological polar surface area (TPSA) is 242 Å². The molecule has 14 nitrogen and oxygen atoms in total. The molecule has 4 aliphatic rings. The Morgan fingerprint density at radius 2 is 0.948 bits per heavy atom. The number of hydrogen-bond donors (Lipinski definition) is 6. The fourth-order valence-electron chi connectivity index (χ4n) is 10.1. The van der Waals surface area contributed by atoms with Gasteiger partial charge in [0.2, 0.25) is 11.6 Å². The van der Waals surface area contributed by atoms with E-state index in [1.165, 1.54) is 48.5 Å². The van der Waals surface area contributed by atoms with E-state index < -0.39 is 117 Å². The lowest BCUT2D eigenvalue weighted by Gasteiger charge is -2.50. The number of methoxy groups -OCH3 is 2. The average Bonchev–Trinajstić information content (AvgIpc) is 3.20. The van der Waals surface area contributed by atoms with Crippen molar-refractivity contribution in [1.82, 2.24) is 0 Å². The third-order valence-electron chi connectivity index (χ3n) is 12.9. The molecular weight excluding hydrogens is 752 g/mol. The molecule has 0 heterocycles. The van der Waals surface area contributed by atoms with Gasteiger partial charge in [-0.3, -0.25) is 28.8 Å². The quantitative estimate of drug-likeness (QED) is 0.132. The number of hydrogen-bond acceptors (Lipinski definition) is 14. The highest BCUT2D eigenvalue weighted by Crippen LogP contribution is 2.62. The molecule has 298 valence electrons. The number of ketones is 4. The number of carbonyl (C=O) groups is 6. The minimum atomic E-state index is -1.99. The summed E-state index contributed by atoms with van der Waals surface area (Å²) in [6, 6.07) is 10.3. The summed E-state index contributed by atoms with van der Waals surface area (Å²) >= 11 is 0. The Morgan fingerprint density at radius 3 is 1.28 bits per heavy atom. The van der Waals surface area contributed by atoms with E-state index in [-0.39, 0.29) is 68.5 Å². The zero-order chi connectivity index (χ0) is 41.9. The van der Waals surface area contributed by atoms with Crippen LogP contribution in [0.25, 0.3) is 0 Å². The molecule has 0 radical (unpaired) electrons. The number of carbonyl (C=O) groups excluding carboxylic acids is 6. The van der Waals surface area contributed by atoms with Crippen LogP contribution >= 0.6 is 0 Å². The first kappa shape index (κ1) is 38.5. The van der Waals surface area contributed by atoms with Gasteiger partial charge in [0.05, 0.1) is 47.7 Å². The maximum Gasteiger partial charge on any atom is 0.316 e. The van der Waals surface area contributed by atoms with Gasteiger partial charge in [-0.2, -0.15) is 0 Å². The number of benzene rings is 4. The number of aromatic hydroxyl groups is 4. The van der Waals surface area contributed by atoms with Crippen molar-refractivity contribution >= 4 is 35.1 Å². The zero-order valence-corrected chi connectivity index (χ0v) is 31.7. The Kier molecular flexibility index (Phi) is 8.68. The molecule has 4 aromatic carbocycles. The van der Waals surface area contributed by atoms with Gasteiger partial charge < -0.3 is 40.1 Å². The molecular formula is C44H38O14. The van der Waals surface area contributed by atoms with Gasteiger partial charge in [-0.1, -0.05) is 38.1 Å². The third-order valence-corrected chi connectivity index (χ3v) is 12.9. The van der Waals surface area contributed by atoms with Gasteiger partial charge in [0.25, 0.3) is 0 Å². The summed E-state index contributed by atoms with van der Waals surface area (Å²) in [4.78, 5) is 83.8. The number of phenols is 4. The van der Waals surface area contributed by atoms with E-state index in [0.29, 0.717) is 0 Å². The summed E-state index contributed by atoms with van der Waals surface area (Å²) < 4.78 is 10.3. The third kappa shape index (κ3) is 4.97. The van der Waals surface area contributed by atoms with Gasteiger partial charge in [0.15, 0.2) is 11.6 Å². The maximum atomic E-state index is 14.2. The molecule has 14 heteroatoms. The summed E-state index contributed by atoms with van der Waals surface area (Å²) in [6.07, 6.45) is -1.00. The van der Waals surface area contributed by atoms with Gasteiger partial charge in [-0.15, -0.1) is 0 Å². The molecule has 0 amide bonds. The molecule has 0 unspecified atom stereocenters. The highest BCUT2D eigenvalue weighted by molar-refractivity contribution is 6.31. The molecule has 6 N–H and O–H groups in total. The second kappa shape index (κ2) is 13.1. The maximum absolute atomic E-state index is 14.2. The van der Waals surface area contributed by atoms with E-state index in [2.05, 4.69) is 0 Å². The Morgan fingerprint density at radius 1 is 0.586 bits per heavy atom. The van der Waals surface area contributed by atoms with Gasteiger partial charge in [0.1, 0.15) is 34.8 Å². The van der Waals surface area contributed by atoms with E-state index in [1.54, 1.807) is 13.8 Å². The number of rotatable bonds is 5. The van der Waals surface area contributed by atoms with Crippen LogP contribution < -0.4 is 0 Å². The standard InChI is InChI=1S/C44H38O14/c1-5-43(55)15-23(27-19(33(43)41(53)57-3)13-21-31(37(27)49)39(51)29-17(35(21)47)9-7-11-25(29)45)24-16-44(56,6-2)34(42(54)58-4)20-14-22-32(38(50)28(20)24)40(52)30-18(36(22)48)10-8-12-26(30)46/h7-14,23-24,33-34,45-46,49-50,55-56H,5-6,15-16H2,1-4H3/t23-,24+,33+,34-,43-,44-/m1/s1. The summed E-state index contributed by atoms with van der Waals surface area (Å²) in [6.45, 7) is 3.19. The van der Waals surface area contributed by atoms with Crippen LogP contribution in [0.15, 0.2) is 48.5 Å². The van der Waals surface area contributed by atoms with Crippen molar-refractivity contribution in [2.45, 2.75) is 74.4 Å². The first-order valence-corrected chi connectivity index (χ1v) is 18.7. The fraction of sp³-hybridized carbons (Fsp3) is 0.318. The molecule has 8 rings (SSSR count). The number of ether oxygens (including phenoxy) is 2. The van der Waals surface area contributed by atoms with Crippen molar-refractivity contribution in [1.29, 1.82) is 0 Å². The molecule has 0 spiro atoms. The zero-order valence-electron chi connectivity index (χ0n) is 31.7. The van der Waals surface area contributed by atoms with Gasteiger partial charge in [-0.05, 0) is 72.9 Å². The van der Waals surface area contributed by atoms with E-state index in [0.717, 1.165) is 14.2 Å². The van der Waals surface area contributed by atoms with Crippen molar-refractivity contribution in [3.8, 4) is 23.0 Å². The van der Waals surface area contributed by atoms with Crippen LogP contribution in [-0.4, -0.2) is 91.1 Å². The number of phenolic OH excluding ortho intramolecular Hbond substituents is 4. The van der Waals surface area contributed by atoms with Crippen molar-refractivity contribution in [3.05, 3.63) is 115 Å². The van der Waals surface area contributed by atoms with Crippen LogP contribution in [0, 0.1) is 0 Å². The number of esters is 2. The second-order valence-corrected chi connectivity index (χ2v) is 15.5. The second-order valence-electron chi connectivity index (χ2n) is 15.5. The van der Waals surface area contributed by atoms with Crippen molar-refractivity contribution in [3.63, 3.8) is 0 Å². The lowest BCUT2D eigenvalue weighted by molar-refractivity contribution is -0.154. The average molecular weight is 791 g/mol. The first-order valence-electron chi connectivity index (χ1n) is 18.7. The van der Waals surface area contributed by atoms with Gasteiger partial charge >= 0.3 is 11.9 Å². The van der Waals surface area contributed by atoms with E-state index in [4.69, 9.17) is 9.47 Å². The summed E-state index contributed by atoms with van der Waals surface area (Å²) in [5, 5.41) is 71.2. The van der Waals surface area contributed by atoms with E-state index >= 15 is 0 Å². The molecule has 58 heavy (non-hydrogen) atoms. The molecule has 0 saturated carbocycles. The minimum absolute atomic E-state index is 0.0901. The SMILES string of the molecule is CC[C@@]1(O)C[C@H]([C@@H]2C[C@](O)(CC)[C@@H](C(=O)OC)c3cc4c(c(O)c32)C(=O)c2c(O)cccc2C4=O)c2c(cc3c(c2O)C(=O)c2c(O)cccc2C3=O)[C@H]1C(=O)OC. The Labute approximate surface area is 330 Å². The van der Waals surface area contributed by atoms with Gasteiger partial charge in [-0.25, -0.2) is 0 Å². The highest BCUT2D eigenvalue weighted by Gasteiger charge is 2.58. The number of aliphatic hydroxyl groups is 2. The molecule has 0 fully saturated rings. The minimum Gasteiger partial charge on any atom is -0.507 e. The lowest BCUT2D eigenvalue weighted by Crippen LogP contribution is -2.50. The molecule has 0 saturated heterocycles. The molecule has 6 atom stereocenters. The van der Waals surface area contributed by atoms with Crippen LogP contribution in [0.2, 0.25) is 0 Å². The van der Waals surface area contributed by atoms with Crippen molar-refractivity contribution < 1.29 is 68.9 Å². The Hall–Kier alpha value is -6.38. The van der Waals surface area contributed by atoms with Crippen LogP contribution in [0.3, 0.4) is 0 Å². The highest BCUT2D eigenvalue weighted by atomic mass is 16.5. The van der Waals surface area contributed by atoms with Crippen LogP contribution in [0.5, 0.6) is 23.0 Å². The lowest BCUT2D eigenvalue weighted by atomic mass is 9.55. The molecule has 0 aliphatic heterocycles. The van der Waals surface area contributed by atoms with Crippen LogP contribution in [0.1, 0.15) is 149 Å². The first-order chi connectivity index (χ1) is 27.5. The largest absolute Gasteiger partial charge is 0.507 e. The molecule has 4 aromatic rings. The predicted molar refractivity (Wildman–Crippen MR) is 201 cm³/mol. The van der Waals surface area contributed by atoms with Gasteiger partial charge in [0, 0.05) is 33.4 Å². The Balaban J connectivity index is 1.46. The van der Waals surface area contributed by atoms with E-state index in [9.17, 15) is 59.4 Å². The fourth-order valence-corrected chi connectivity index (χ4v) is 10.1. The molecule has 4 aliphatic carbocycles. The van der Waals surface area contributed by atoms with Crippen LogP contribution in [-0.2, 0) is 19.1 Å². The van der Waals surface area contributed by atoms with Crippen molar-refractivity contribution in [2.24, 2.45) is 0 Å². The van der Waals surface area contributed by atoms with Crippen LogP contribution in [0.4, 0.5) is 0 Å². The Bertz CT molecular complexity index is 2410. The summed E-state index contributed by atoms with van der Waals surface area (Å²) in [5.41, 5.74) is -7.07. The summed E-state index contributed by atoms with van der Waals surface area (Å²) in [5.74, 6) is -13.4. The summed E-state index contributed by atoms with van der Waals surface area (Å²) in [7, 11) is 2.19. The van der Waals surface area contributed by atoms with Crippen molar-refractivity contribution in [2.75, 3.05) is 14.2 Å². The number of fused-ring (bicyclic) bond motifs is 6. The molecule has 0 aromatic heterocycles.